The second-order valence-electron chi connectivity index (χ2n) is 3.74. The van der Waals surface area contributed by atoms with Crippen molar-refractivity contribution in [3.8, 4) is 0 Å². The number of carboxylic acids is 1. The molecule has 18 heavy (non-hydrogen) atoms. The molecular formula is C10H15F3N2O3. The van der Waals surface area contributed by atoms with Gasteiger partial charge in [-0.2, -0.15) is 13.2 Å². The summed E-state index contributed by atoms with van der Waals surface area (Å²) >= 11 is 0. The van der Waals surface area contributed by atoms with Crippen molar-refractivity contribution in [2.24, 2.45) is 0 Å². The Hall–Kier alpha value is -1.73. The minimum Gasteiger partial charge on any atom is -0.480 e. The molecule has 0 radical (unpaired) electrons. The van der Waals surface area contributed by atoms with E-state index in [0.717, 1.165) is 0 Å². The highest BCUT2D eigenvalue weighted by Gasteiger charge is 2.34. The van der Waals surface area contributed by atoms with Crippen LogP contribution in [0.3, 0.4) is 0 Å². The Bertz CT molecular complexity index is 318. The van der Waals surface area contributed by atoms with Gasteiger partial charge in [0.15, 0.2) is 0 Å². The van der Waals surface area contributed by atoms with Crippen LogP contribution >= 0.6 is 0 Å². The van der Waals surface area contributed by atoms with Crippen LogP contribution in [0.4, 0.5) is 18.0 Å². The monoisotopic (exact) mass is 268 g/mol. The summed E-state index contributed by atoms with van der Waals surface area (Å²) in [6, 6.07) is -1.48. The quantitative estimate of drug-likeness (QED) is 0.719. The summed E-state index contributed by atoms with van der Waals surface area (Å²) in [6.07, 6.45) is -2.77. The number of aliphatic carboxylic acids is 1. The Labute approximate surface area is 102 Å². The summed E-state index contributed by atoms with van der Waals surface area (Å²) in [7, 11) is 0. The molecule has 0 fully saturated rings. The zero-order valence-corrected chi connectivity index (χ0v) is 9.83. The number of nitrogens with zero attached hydrogens (tertiary/aromatic N) is 1. The van der Waals surface area contributed by atoms with Crippen LogP contribution in [0.5, 0.6) is 0 Å². The van der Waals surface area contributed by atoms with E-state index in [1.54, 1.807) is 6.92 Å². The van der Waals surface area contributed by atoms with E-state index in [1.807, 2.05) is 0 Å². The molecule has 0 saturated heterocycles. The van der Waals surface area contributed by atoms with Crippen LogP contribution in [0.2, 0.25) is 0 Å². The molecule has 5 nitrogen and oxygen atoms in total. The standard InChI is InChI=1S/C10H15F3N2O3/c1-3-4-7(2)14-9(18)15(5-8(16)17)6-10(11,12)13/h3,7H,1,4-6H2,2H3,(H,14,18)(H,16,17). The third kappa shape index (κ3) is 7.53. The molecule has 0 bridgehead atoms. The van der Waals surface area contributed by atoms with E-state index < -0.39 is 37.3 Å². The van der Waals surface area contributed by atoms with Crippen molar-refractivity contribution in [3.05, 3.63) is 12.7 Å². The Morgan fingerprint density at radius 3 is 2.44 bits per heavy atom. The first kappa shape index (κ1) is 16.3. The van der Waals surface area contributed by atoms with E-state index in [1.165, 1.54) is 6.08 Å². The Balaban J connectivity index is 4.59. The van der Waals surface area contributed by atoms with Gasteiger partial charge < -0.3 is 15.3 Å². The number of carbonyl (C=O) groups is 2. The van der Waals surface area contributed by atoms with Crippen LogP contribution in [-0.2, 0) is 4.79 Å². The van der Waals surface area contributed by atoms with Crippen LogP contribution in [-0.4, -0.2) is 47.3 Å². The minimum absolute atomic E-state index is 0.196. The maximum atomic E-state index is 12.2. The van der Waals surface area contributed by atoms with E-state index in [9.17, 15) is 22.8 Å². The minimum atomic E-state index is -4.64. The van der Waals surface area contributed by atoms with Gasteiger partial charge in [0.1, 0.15) is 13.1 Å². The molecule has 0 aliphatic rings. The van der Waals surface area contributed by atoms with Gasteiger partial charge in [0.05, 0.1) is 0 Å². The lowest BCUT2D eigenvalue weighted by Crippen LogP contribution is -2.49. The second-order valence-corrected chi connectivity index (χ2v) is 3.74. The van der Waals surface area contributed by atoms with Crippen LogP contribution < -0.4 is 5.32 Å². The van der Waals surface area contributed by atoms with Gasteiger partial charge in [0, 0.05) is 6.04 Å². The summed E-state index contributed by atoms with van der Waals surface area (Å²) in [4.78, 5) is 22.1. The van der Waals surface area contributed by atoms with Gasteiger partial charge in [-0.05, 0) is 13.3 Å². The zero-order chi connectivity index (χ0) is 14.3. The first-order chi connectivity index (χ1) is 8.15. The first-order valence-electron chi connectivity index (χ1n) is 5.10. The molecular weight excluding hydrogens is 253 g/mol. The predicted octanol–water partition coefficient (Wildman–Crippen LogP) is 1.61. The predicted molar refractivity (Wildman–Crippen MR) is 58.1 cm³/mol. The Kier molecular flexibility index (Phi) is 6.21. The number of rotatable bonds is 6. The van der Waals surface area contributed by atoms with Crippen molar-refractivity contribution >= 4 is 12.0 Å². The number of amides is 2. The van der Waals surface area contributed by atoms with Gasteiger partial charge in [0.25, 0.3) is 0 Å². The number of urea groups is 1. The average Bonchev–Trinajstić information content (AvgIpc) is 2.13. The second kappa shape index (κ2) is 6.87. The highest BCUT2D eigenvalue weighted by molar-refractivity contribution is 5.80. The van der Waals surface area contributed by atoms with E-state index >= 15 is 0 Å². The molecule has 0 rings (SSSR count). The smallest absolute Gasteiger partial charge is 0.406 e. The first-order valence-corrected chi connectivity index (χ1v) is 5.10. The van der Waals surface area contributed by atoms with Gasteiger partial charge in [-0.25, -0.2) is 4.79 Å². The van der Waals surface area contributed by atoms with Crippen molar-refractivity contribution in [3.63, 3.8) is 0 Å². The number of carbonyl (C=O) groups excluding carboxylic acids is 1. The van der Waals surface area contributed by atoms with Crippen LogP contribution in [0.1, 0.15) is 13.3 Å². The van der Waals surface area contributed by atoms with Gasteiger partial charge >= 0.3 is 18.2 Å². The largest absolute Gasteiger partial charge is 0.480 e. The normalized spacial score (nSPS) is 12.7. The number of alkyl halides is 3. The van der Waals surface area contributed by atoms with E-state index in [-0.39, 0.29) is 4.90 Å². The number of hydrogen-bond donors (Lipinski definition) is 2. The van der Waals surface area contributed by atoms with Gasteiger partial charge in [-0.1, -0.05) is 6.08 Å². The summed E-state index contributed by atoms with van der Waals surface area (Å²) in [5, 5.41) is 10.7. The summed E-state index contributed by atoms with van der Waals surface area (Å²) < 4.78 is 36.5. The van der Waals surface area contributed by atoms with Crippen molar-refractivity contribution in [1.29, 1.82) is 0 Å². The molecule has 0 aromatic heterocycles. The molecule has 0 aliphatic carbocycles. The fourth-order valence-electron chi connectivity index (χ4n) is 1.19. The molecule has 1 atom stereocenters. The zero-order valence-electron chi connectivity index (χ0n) is 9.83. The Morgan fingerprint density at radius 1 is 1.50 bits per heavy atom. The molecule has 2 amide bonds. The summed E-state index contributed by atoms with van der Waals surface area (Å²) in [6.45, 7) is 2.38. The molecule has 0 aromatic carbocycles. The highest BCUT2D eigenvalue weighted by atomic mass is 19.4. The highest BCUT2D eigenvalue weighted by Crippen LogP contribution is 2.16. The van der Waals surface area contributed by atoms with Crippen molar-refractivity contribution in [2.45, 2.75) is 25.6 Å². The third-order valence-corrected chi connectivity index (χ3v) is 1.87. The lowest BCUT2D eigenvalue weighted by molar-refractivity contribution is -0.149. The average molecular weight is 268 g/mol. The molecule has 8 heteroatoms. The molecule has 0 aromatic rings. The van der Waals surface area contributed by atoms with E-state index in [0.29, 0.717) is 6.42 Å². The SMILES string of the molecule is C=CCC(C)NC(=O)N(CC(=O)O)CC(F)(F)F. The molecule has 0 spiro atoms. The maximum absolute atomic E-state index is 12.2. The molecule has 0 saturated carbocycles. The number of hydrogen-bond acceptors (Lipinski definition) is 2. The van der Waals surface area contributed by atoms with Gasteiger partial charge in [-0.15, -0.1) is 6.58 Å². The maximum Gasteiger partial charge on any atom is 0.406 e. The fourth-order valence-corrected chi connectivity index (χ4v) is 1.19. The topological polar surface area (TPSA) is 69.6 Å². The third-order valence-electron chi connectivity index (χ3n) is 1.87. The summed E-state index contributed by atoms with van der Waals surface area (Å²) in [5.41, 5.74) is 0. The van der Waals surface area contributed by atoms with E-state index in [4.69, 9.17) is 5.11 Å². The lowest BCUT2D eigenvalue weighted by atomic mass is 10.2. The van der Waals surface area contributed by atoms with Crippen LogP contribution in [0.25, 0.3) is 0 Å². The lowest BCUT2D eigenvalue weighted by Gasteiger charge is -2.24. The Morgan fingerprint density at radius 2 is 2.06 bits per heavy atom. The van der Waals surface area contributed by atoms with Gasteiger partial charge in [-0.3, -0.25) is 4.79 Å². The molecule has 1 unspecified atom stereocenters. The number of nitrogens with one attached hydrogen (secondary N) is 1. The van der Waals surface area contributed by atoms with Gasteiger partial charge in [0.2, 0.25) is 0 Å². The van der Waals surface area contributed by atoms with Crippen molar-refractivity contribution in [1.82, 2.24) is 10.2 Å². The molecule has 0 heterocycles. The number of halogens is 3. The fraction of sp³-hybridized carbons (Fsp3) is 0.600. The van der Waals surface area contributed by atoms with Crippen molar-refractivity contribution in [2.75, 3.05) is 13.1 Å². The molecule has 0 aliphatic heterocycles. The van der Waals surface area contributed by atoms with Crippen LogP contribution in [0.15, 0.2) is 12.7 Å². The molecule has 2 N–H and O–H groups in total. The van der Waals surface area contributed by atoms with Crippen LogP contribution in [0, 0.1) is 0 Å². The van der Waals surface area contributed by atoms with Crippen molar-refractivity contribution < 1.29 is 27.9 Å². The molecule has 104 valence electrons. The van der Waals surface area contributed by atoms with E-state index in [2.05, 4.69) is 11.9 Å². The number of carboxylic acid groups (broad SMARTS) is 1. The summed E-state index contributed by atoms with van der Waals surface area (Å²) in [5.74, 6) is -1.51.